The first kappa shape index (κ1) is 20.0. The Labute approximate surface area is 179 Å². The van der Waals surface area contributed by atoms with Crippen LogP contribution in [0.2, 0.25) is 0 Å². The number of amides is 1. The molecule has 1 aromatic heterocycles. The van der Waals surface area contributed by atoms with E-state index in [2.05, 4.69) is 0 Å². The van der Waals surface area contributed by atoms with Gasteiger partial charge in [0.15, 0.2) is 5.58 Å². The molecule has 3 heterocycles. The van der Waals surface area contributed by atoms with Crippen LogP contribution in [0.3, 0.4) is 0 Å². The maximum absolute atomic E-state index is 13.1. The largest absolute Gasteiger partial charge is 0.419 e. The van der Waals surface area contributed by atoms with E-state index in [1.165, 1.54) is 26.6 Å². The molecule has 1 saturated heterocycles. The molecule has 0 saturated carbocycles. The summed E-state index contributed by atoms with van der Waals surface area (Å²) in [4.78, 5) is 26.7. The molecule has 0 N–H and O–H groups in total. The van der Waals surface area contributed by atoms with Crippen LogP contribution < -0.4 is 10.7 Å². The van der Waals surface area contributed by atoms with E-state index < -0.39 is 15.8 Å². The number of oxazole rings is 1. The molecule has 162 valence electrons. The first-order chi connectivity index (χ1) is 14.9. The van der Waals surface area contributed by atoms with Gasteiger partial charge in [0.25, 0.3) is 0 Å². The number of fused-ring (bicyclic) bond motifs is 2. The number of aryl methyl sites for hydroxylation is 1. The number of anilines is 1. The van der Waals surface area contributed by atoms with Crippen molar-refractivity contribution in [2.45, 2.75) is 24.2 Å². The number of aromatic nitrogens is 1. The van der Waals surface area contributed by atoms with Gasteiger partial charge < -0.3 is 9.32 Å². The Morgan fingerprint density at radius 1 is 1.06 bits per heavy atom. The number of benzene rings is 2. The molecule has 2 aliphatic rings. The molecule has 2 aromatic carbocycles. The Morgan fingerprint density at radius 3 is 2.58 bits per heavy atom. The molecular formula is C22H23N3O5S. The predicted molar refractivity (Wildman–Crippen MR) is 115 cm³/mol. The van der Waals surface area contributed by atoms with Crippen LogP contribution in [-0.2, 0) is 28.3 Å². The Balaban J connectivity index is 1.31. The van der Waals surface area contributed by atoms with Gasteiger partial charge in [0.05, 0.1) is 10.4 Å². The Morgan fingerprint density at radius 2 is 1.81 bits per heavy atom. The highest BCUT2D eigenvalue weighted by Crippen LogP contribution is 2.32. The van der Waals surface area contributed by atoms with Gasteiger partial charge in [-0.1, -0.05) is 18.2 Å². The Hall–Kier alpha value is -2.91. The lowest BCUT2D eigenvalue weighted by atomic mass is 9.96. The van der Waals surface area contributed by atoms with Crippen LogP contribution in [0.5, 0.6) is 0 Å². The van der Waals surface area contributed by atoms with Gasteiger partial charge in [-0.2, -0.15) is 4.31 Å². The molecule has 2 aliphatic heterocycles. The summed E-state index contributed by atoms with van der Waals surface area (Å²) in [5, 5.41) is 0. The fraction of sp³-hybridized carbons (Fsp3) is 0.364. The molecule has 9 heteroatoms. The zero-order chi connectivity index (χ0) is 21.8. The summed E-state index contributed by atoms with van der Waals surface area (Å²) in [6, 6.07) is 12.4. The van der Waals surface area contributed by atoms with Crippen molar-refractivity contribution < 1.29 is 17.6 Å². The second-order valence-electron chi connectivity index (χ2n) is 8.10. The van der Waals surface area contributed by atoms with E-state index in [0.717, 1.165) is 12.1 Å². The van der Waals surface area contributed by atoms with Crippen molar-refractivity contribution in [3.8, 4) is 0 Å². The van der Waals surface area contributed by atoms with Crippen LogP contribution >= 0.6 is 0 Å². The van der Waals surface area contributed by atoms with E-state index in [9.17, 15) is 18.0 Å². The number of carbonyl (C=O) groups is 1. The molecule has 0 radical (unpaired) electrons. The minimum Gasteiger partial charge on any atom is -0.408 e. The van der Waals surface area contributed by atoms with Crippen LogP contribution in [0.25, 0.3) is 11.1 Å². The van der Waals surface area contributed by atoms with Crippen molar-refractivity contribution >= 4 is 32.7 Å². The van der Waals surface area contributed by atoms with E-state index in [4.69, 9.17) is 4.42 Å². The van der Waals surface area contributed by atoms with Crippen molar-refractivity contribution in [2.75, 3.05) is 24.5 Å². The quantitative estimate of drug-likeness (QED) is 0.621. The number of nitrogens with zero attached hydrogens (tertiary/aromatic N) is 3. The molecule has 1 fully saturated rings. The third kappa shape index (κ3) is 3.28. The summed E-state index contributed by atoms with van der Waals surface area (Å²) in [6.07, 6.45) is 1.83. The van der Waals surface area contributed by atoms with Crippen molar-refractivity contribution in [1.29, 1.82) is 0 Å². The van der Waals surface area contributed by atoms with E-state index in [-0.39, 0.29) is 35.4 Å². The number of rotatable bonds is 3. The van der Waals surface area contributed by atoms with Gasteiger partial charge >= 0.3 is 5.76 Å². The van der Waals surface area contributed by atoms with E-state index in [0.29, 0.717) is 24.9 Å². The Bertz CT molecular complexity index is 1330. The number of carbonyl (C=O) groups excluding carboxylic acids is 1. The second-order valence-corrected chi connectivity index (χ2v) is 10.0. The van der Waals surface area contributed by atoms with Gasteiger partial charge in [0.1, 0.15) is 0 Å². The lowest BCUT2D eigenvalue weighted by Crippen LogP contribution is -2.44. The summed E-state index contributed by atoms with van der Waals surface area (Å²) in [6.45, 7) is 1.25. The first-order valence-corrected chi connectivity index (χ1v) is 11.8. The highest BCUT2D eigenvalue weighted by atomic mass is 32.2. The normalized spacial score (nSPS) is 17.9. The standard InChI is InChI=1S/C22H23N3O5S/c1-23-19-7-6-17(14-20(19)30-22(23)27)31(28,29)24-11-8-16(9-12-24)21(26)25-13-10-15-4-2-3-5-18(15)25/h2-7,14,16H,8-13H2,1H3. The topological polar surface area (TPSA) is 92.8 Å². The van der Waals surface area contributed by atoms with Crippen LogP contribution in [0, 0.1) is 5.92 Å². The highest BCUT2D eigenvalue weighted by molar-refractivity contribution is 7.89. The van der Waals surface area contributed by atoms with Crippen molar-refractivity contribution in [3.05, 3.63) is 58.6 Å². The zero-order valence-electron chi connectivity index (χ0n) is 17.2. The molecule has 0 unspecified atom stereocenters. The second kappa shape index (κ2) is 7.35. The maximum atomic E-state index is 13.1. The van der Waals surface area contributed by atoms with Gasteiger partial charge in [0, 0.05) is 44.4 Å². The molecule has 0 spiro atoms. The fourth-order valence-corrected chi connectivity index (χ4v) is 6.04. The third-order valence-corrected chi connectivity index (χ3v) is 8.25. The number of para-hydroxylation sites is 1. The van der Waals surface area contributed by atoms with Crippen LogP contribution in [-0.4, -0.2) is 42.8 Å². The molecule has 0 atom stereocenters. The molecule has 0 bridgehead atoms. The molecule has 0 aliphatic carbocycles. The molecule has 1 amide bonds. The summed E-state index contributed by atoms with van der Waals surface area (Å²) in [5.41, 5.74) is 2.93. The van der Waals surface area contributed by atoms with E-state index in [1.807, 2.05) is 29.2 Å². The summed E-state index contributed by atoms with van der Waals surface area (Å²) in [5.74, 6) is -0.644. The molecule has 8 nitrogen and oxygen atoms in total. The molecule has 31 heavy (non-hydrogen) atoms. The summed E-state index contributed by atoms with van der Waals surface area (Å²) in [7, 11) is -2.16. The number of hydrogen-bond acceptors (Lipinski definition) is 5. The van der Waals surface area contributed by atoms with Gasteiger partial charge in [-0.3, -0.25) is 9.36 Å². The summed E-state index contributed by atoms with van der Waals surface area (Å²) >= 11 is 0. The number of hydrogen-bond donors (Lipinski definition) is 0. The van der Waals surface area contributed by atoms with Crippen molar-refractivity contribution in [1.82, 2.24) is 8.87 Å². The van der Waals surface area contributed by atoms with E-state index >= 15 is 0 Å². The number of sulfonamides is 1. The van der Waals surface area contributed by atoms with Gasteiger partial charge in [0.2, 0.25) is 15.9 Å². The average Bonchev–Trinajstić information content (AvgIpc) is 3.34. The lowest BCUT2D eigenvalue weighted by molar-refractivity contribution is -0.123. The predicted octanol–water partition coefficient (Wildman–Crippen LogP) is 2.12. The van der Waals surface area contributed by atoms with Gasteiger partial charge in [-0.25, -0.2) is 13.2 Å². The van der Waals surface area contributed by atoms with Crippen LogP contribution in [0.4, 0.5) is 5.69 Å². The first-order valence-electron chi connectivity index (χ1n) is 10.4. The highest BCUT2D eigenvalue weighted by Gasteiger charge is 2.36. The molecule has 3 aromatic rings. The number of piperidine rings is 1. The van der Waals surface area contributed by atoms with Gasteiger partial charge in [-0.15, -0.1) is 0 Å². The molecule has 5 rings (SSSR count). The van der Waals surface area contributed by atoms with E-state index in [1.54, 1.807) is 13.1 Å². The maximum Gasteiger partial charge on any atom is 0.419 e. The Kier molecular flexibility index (Phi) is 4.75. The smallest absolute Gasteiger partial charge is 0.408 e. The van der Waals surface area contributed by atoms with Crippen molar-refractivity contribution in [3.63, 3.8) is 0 Å². The minimum atomic E-state index is -3.74. The van der Waals surface area contributed by atoms with Crippen LogP contribution in [0.15, 0.2) is 56.6 Å². The SMILES string of the molecule is Cn1c(=O)oc2cc(S(=O)(=O)N3CCC(C(=O)N4CCc5ccccc54)CC3)ccc21. The monoisotopic (exact) mass is 441 g/mol. The minimum absolute atomic E-state index is 0.0782. The third-order valence-electron chi connectivity index (χ3n) is 6.36. The lowest BCUT2D eigenvalue weighted by Gasteiger charge is -2.32. The fourth-order valence-electron chi connectivity index (χ4n) is 4.55. The van der Waals surface area contributed by atoms with Crippen LogP contribution in [0.1, 0.15) is 18.4 Å². The molecular weight excluding hydrogens is 418 g/mol. The van der Waals surface area contributed by atoms with Gasteiger partial charge in [-0.05, 0) is 43.0 Å². The average molecular weight is 442 g/mol. The summed E-state index contributed by atoms with van der Waals surface area (Å²) < 4.78 is 34.1. The van der Waals surface area contributed by atoms with Crippen molar-refractivity contribution in [2.24, 2.45) is 13.0 Å². The zero-order valence-corrected chi connectivity index (χ0v) is 18.0.